The van der Waals surface area contributed by atoms with E-state index in [0.29, 0.717) is 24.7 Å². The van der Waals surface area contributed by atoms with Crippen LogP contribution in [0.3, 0.4) is 0 Å². The third kappa shape index (κ3) is 4.25. The lowest BCUT2D eigenvalue weighted by Crippen LogP contribution is -2.42. The van der Waals surface area contributed by atoms with E-state index in [9.17, 15) is 4.79 Å². The molecule has 2 amide bonds. The summed E-state index contributed by atoms with van der Waals surface area (Å²) in [5.41, 5.74) is 3.53. The van der Waals surface area contributed by atoms with Gasteiger partial charge in [0.05, 0.1) is 0 Å². The van der Waals surface area contributed by atoms with Crippen molar-refractivity contribution in [2.45, 2.75) is 31.8 Å². The first-order valence-electron chi connectivity index (χ1n) is 6.81. The first kappa shape index (κ1) is 15.4. The Bertz CT molecular complexity index is 507. The van der Waals surface area contributed by atoms with E-state index in [4.69, 9.17) is 0 Å². The van der Waals surface area contributed by atoms with Gasteiger partial charge in [0, 0.05) is 37.1 Å². The quantitative estimate of drug-likeness (QED) is 0.620. The number of carbonyl (C=O) groups is 1. The molecule has 0 bridgehead atoms. The van der Waals surface area contributed by atoms with Crippen LogP contribution in [0.15, 0.2) is 29.6 Å². The van der Waals surface area contributed by atoms with E-state index in [1.165, 1.54) is 0 Å². The zero-order valence-electron chi connectivity index (χ0n) is 12.1. The molecule has 2 rings (SSSR count). The maximum atomic E-state index is 11.7. The molecule has 1 aromatic heterocycles. The third-order valence-corrected chi connectivity index (χ3v) is 3.36. The van der Waals surface area contributed by atoms with Crippen molar-refractivity contribution in [1.29, 1.82) is 0 Å². The smallest absolute Gasteiger partial charge is 0.319 e. The summed E-state index contributed by atoms with van der Waals surface area (Å²) in [6.07, 6.45) is 3.90. The minimum atomic E-state index is -0.244. The van der Waals surface area contributed by atoms with E-state index in [1.807, 2.05) is 0 Å². The predicted molar refractivity (Wildman–Crippen MR) is 86.2 cm³/mol. The summed E-state index contributed by atoms with van der Waals surface area (Å²) in [7, 11) is 0. The van der Waals surface area contributed by atoms with Gasteiger partial charge in [0.2, 0.25) is 0 Å². The van der Waals surface area contributed by atoms with Gasteiger partial charge in [-0.2, -0.15) is 5.10 Å². The number of thiol groups is 1. The molecule has 0 spiro atoms. The molecule has 1 unspecified atom stereocenters. The summed E-state index contributed by atoms with van der Waals surface area (Å²) in [6.45, 7) is 4.66. The Balaban J connectivity index is 1.75. The van der Waals surface area contributed by atoms with E-state index in [0.717, 1.165) is 5.84 Å². The van der Waals surface area contributed by atoms with Crippen LogP contribution >= 0.6 is 12.6 Å². The van der Waals surface area contributed by atoms with Gasteiger partial charge in [-0.15, -0.1) is 12.6 Å². The molecule has 0 saturated carbocycles. The number of anilines is 1. The number of nitrogens with zero attached hydrogens (tertiary/aromatic N) is 3. The van der Waals surface area contributed by atoms with Crippen molar-refractivity contribution in [3.05, 3.63) is 24.5 Å². The number of nitrogens with one attached hydrogen (secondary N) is 3. The Hall–Kier alpha value is -1.96. The van der Waals surface area contributed by atoms with Crippen LogP contribution in [0.1, 0.15) is 20.3 Å². The largest absolute Gasteiger partial charge is 0.337 e. The molecule has 1 aliphatic rings. The van der Waals surface area contributed by atoms with E-state index in [2.05, 4.69) is 57.5 Å². The van der Waals surface area contributed by atoms with Crippen LogP contribution in [0.25, 0.3) is 0 Å². The molecule has 0 saturated heterocycles. The second-order valence-electron chi connectivity index (χ2n) is 4.90. The van der Waals surface area contributed by atoms with Crippen molar-refractivity contribution in [1.82, 2.24) is 20.6 Å². The Morgan fingerprint density at radius 2 is 2.19 bits per heavy atom. The lowest BCUT2D eigenvalue weighted by Gasteiger charge is -2.27. The van der Waals surface area contributed by atoms with E-state index >= 15 is 0 Å². The molecule has 1 aliphatic heterocycles. The monoisotopic (exact) mass is 308 g/mol. The summed E-state index contributed by atoms with van der Waals surface area (Å²) in [6, 6.07) is 3.52. The molecular formula is C13H20N6OS. The van der Waals surface area contributed by atoms with Gasteiger partial charge in [-0.3, -0.25) is 10.4 Å². The van der Waals surface area contributed by atoms with Crippen LogP contribution in [0, 0.1) is 0 Å². The molecule has 2 heterocycles. The van der Waals surface area contributed by atoms with Crippen LogP contribution < -0.4 is 16.1 Å². The number of carbonyl (C=O) groups excluding carboxylic acids is 1. The van der Waals surface area contributed by atoms with Gasteiger partial charge < -0.3 is 15.5 Å². The lowest BCUT2D eigenvalue weighted by molar-refractivity contribution is 0.252. The molecule has 0 fully saturated rings. The molecule has 114 valence electrons. The summed E-state index contributed by atoms with van der Waals surface area (Å²) in [5.74, 6) is 0.897. The van der Waals surface area contributed by atoms with Crippen molar-refractivity contribution >= 4 is 30.2 Å². The Labute approximate surface area is 129 Å². The van der Waals surface area contributed by atoms with Crippen molar-refractivity contribution in [2.75, 3.05) is 11.9 Å². The molecule has 0 aromatic carbocycles. The normalized spacial score (nSPS) is 17.4. The third-order valence-electron chi connectivity index (χ3n) is 3.00. The Kier molecular flexibility index (Phi) is 5.26. The summed E-state index contributed by atoms with van der Waals surface area (Å²) in [4.78, 5) is 17.7. The van der Waals surface area contributed by atoms with Crippen LogP contribution in [-0.4, -0.2) is 39.8 Å². The van der Waals surface area contributed by atoms with Gasteiger partial charge in [-0.25, -0.2) is 4.79 Å². The molecule has 0 radical (unpaired) electrons. The number of amidine groups is 1. The first-order chi connectivity index (χ1) is 10.1. The highest BCUT2D eigenvalue weighted by Gasteiger charge is 2.26. The molecule has 8 heteroatoms. The maximum Gasteiger partial charge on any atom is 0.319 e. The average molecular weight is 308 g/mol. The first-order valence-corrected chi connectivity index (χ1v) is 7.33. The fourth-order valence-electron chi connectivity index (χ4n) is 2.06. The molecule has 1 aromatic rings. The number of hydrogen-bond donors (Lipinski definition) is 4. The second kappa shape index (κ2) is 7.16. The van der Waals surface area contributed by atoms with Gasteiger partial charge >= 0.3 is 6.03 Å². The zero-order chi connectivity index (χ0) is 15.2. The predicted octanol–water partition coefficient (Wildman–Crippen LogP) is 1.43. The standard InChI is InChI=1S/C13H20N6OS/c1-9(2)19-11(17-18-13(19)21)5-8-15-12(20)16-10-3-6-14-7-4-10/h3-4,6-7,9,13,18,21H,5,8H2,1-2H3,(H2,14,15,16,20). The van der Waals surface area contributed by atoms with Crippen LogP contribution in [0.2, 0.25) is 0 Å². The molecule has 0 aliphatic carbocycles. The molecule has 3 N–H and O–H groups in total. The van der Waals surface area contributed by atoms with Gasteiger partial charge in [-0.05, 0) is 26.0 Å². The number of rotatable bonds is 5. The van der Waals surface area contributed by atoms with Gasteiger partial charge in [0.25, 0.3) is 0 Å². The van der Waals surface area contributed by atoms with E-state index in [1.54, 1.807) is 24.5 Å². The van der Waals surface area contributed by atoms with Crippen LogP contribution in [-0.2, 0) is 0 Å². The minimum absolute atomic E-state index is 0.106. The van der Waals surface area contributed by atoms with E-state index in [-0.39, 0.29) is 11.5 Å². The molecular weight excluding hydrogens is 288 g/mol. The van der Waals surface area contributed by atoms with Gasteiger partial charge in [0.15, 0.2) is 5.50 Å². The van der Waals surface area contributed by atoms with E-state index < -0.39 is 0 Å². The van der Waals surface area contributed by atoms with Gasteiger partial charge in [-0.1, -0.05) is 0 Å². The number of hydrogen-bond acceptors (Lipinski definition) is 6. The van der Waals surface area contributed by atoms with Gasteiger partial charge in [0.1, 0.15) is 5.84 Å². The maximum absolute atomic E-state index is 11.7. The average Bonchev–Trinajstić information content (AvgIpc) is 2.81. The summed E-state index contributed by atoms with van der Waals surface area (Å²) >= 11 is 4.41. The highest BCUT2D eigenvalue weighted by molar-refractivity contribution is 7.80. The minimum Gasteiger partial charge on any atom is -0.337 e. The van der Waals surface area contributed by atoms with Crippen molar-refractivity contribution < 1.29 is 4.79 Å². The SMILES string of the molecule is CC(C)N1C(CCNC(=O)Nc2ccncc2)=NNC1S. The van der Waals surface area contributed by atoms with Crippen molar-refractivity contribution in [2.24, 2.45) is 5.10 Å². The number of urea groups is 1. The van der Waals surface area contributed by atoms with Crippen molar-refractivity contribution in [3.8, 4) is 0 Å². The Morgan fingerprint density at radius 1 is 1.48 bits per heavy atom. The number of aromatic nitrogens is 1. The van der Waals surface area contributed by atoms with Crippen LogP contribution in [0.5, 0.6) is 0 Å². The van der Waals surface area contributed by atoms with Crippen molar-refractivity contribution in [3.63, 3.8) is 0 Å². The summed E-state index contributed by atoms with van der Waals surface area (Å²) < 4.78 is 0. The number of hydrazone groups is 1. The fourth-order valence-corrected chi connectivity index (χ4v) is 2.51. The highest BCUT2D eigenvalue weighted by Crippen LogP contribution is 2.15. The molecule has 1 atom stereocenters. The zero-order valence-corrected chi connectivity index (χ0v) is 13.0. The topological polar surface area (TPSA) is 81.7 Å². The Morgan fingerprint density at radius 3 is 2.86 bits per heavy atom. The summed E-state index contributed by atoms with van der Waals surface area (Å²) in [5, 5.41) is 9.77. The molecule has 7 nitrogen and oxygen atoms in total. The lowest BCUT2D eigenvalue weighted by atomic mass is 10.3. The fraction of sp³-hybridized carbons (Fsp3) is 0.462. The number of pyridine rings is 1. The number of amides is 2. The van der Waals surface area contributed by atoms with Crippen LogP contribution in [0.4, 0.5) is 10.5 Å². The second-order valence-corrected chi connectivity index (χ2v) is 5.39. The molecule has 21 heavy (non-hydrogen) atoms. The highest BCUT2D eigenvalue weighted by atomic mass is 32.1.